The lowest BCUT2D eigenvalue weighted by Crippen LogP contribution is -2.28. The fourth-order valence-corrected chi connectivity index (χ4v) is 2.97. The SMILES string of the molecule is COc1ccc(N)c(NC(=O)C2CC(=O)N(c3ccccc3OC)C2)c1.Cl. The normalized spacial score (nSPS) is 15.9. The highest BCUT2D eigenvalue weighted by molar-refractivity contribution is 6.05. The highest BCUT2D eigenvalue weighted by Crippen LogP contribution is 2.33. The van der Waals surface area contributed by atoms with E-state index in [4.69, 9.17) is 15.2 Å². The second-order valence-electron chi connectivity index (χ2n) is 6.02. The lowest BCUT2D eigenvalue weighted by Gasteiger charge is -2.19. The number of hydrogen-bond acceptors (Lipinski definition) is 5. The summed E-state index contributed by atoms with van der Waals surface area (Å²) in [7, 11) is 3.09. The minimum atomic E-state index is -0.474. The molecule has 3 N–H and O–H groups in total. The maximum atomic E-state index is 12.6. The van der Waals surface area contributed by atoms with Crippen molar-refractivity contribution in [3.63, 3.8) is 0 Å². The van der Waals surface area contributed by atoms with Gasteiger partial charge in [-0.2, -0.15) is 0 Å². The van der Waals surface area contributed by atoms with E-state index >= 15 is 0 Å². The fourth-order valence-electron chi connectivity index (χ4n) is 2.97. The van der Waals surface area contributed by atoms with E-state index in [9.17, 15) is 9.59 Å². The number of hydrogen-bond donors (Lipinski definition) is 2. The number of benzene rings is 2. The molecule has 3 rings (SSSR count). The number of carbonyl (C=O) groups is 2. The lowest BCUT2D eigenvalue weighted by atomic mass is 10.1. The first-order valence-electron chi connectivity index (χ1n) is 8.21. The first-order valence-corrected chi connectivity index (χ1v) is 8.21. The van der Waals surface area contributed by atoms with Gasteiger partial charge in [0.05, 0.1) is 37.2 Å². The number of nitrogens with one attached hydrogen (secondary N) is 1. The predicted molar refractivity (Wildman–Crippen MR) is 107 cm³/mol. The van der Waals surface area contributed by atoms with E-state index in [1.807, 2.05) is 12.1 Å². The standard InChI is InChI=1S/C19H21N3O4.ClH/c1-25-13-7-8-14(20)15(10-13)21-19(24)12-9-18(23)22(11-12)16-5-3-4-6-17(16)26-2;/h3-8,10,12H,9,11,20H2,1-2H3,(H,21,24);1H. The molecule has 27 heavy (non-hydrogen) atoms. The van der Waals surface area contributed by atoms with Crippen molar-refractivity contribution in [3.8, 4) is 11.5 Å². The molecule has 1 atom stereocenters. The number of nitrogens with two attached hydrogens (primary N) is 1. The quantitative estimate of drug-likeness (QED) is 0.764. The van der Waals surface area contributed by atoms with E-state index in [1.54, 1.807) is 42.3 Å². The van der Waals surface area contributed by atoms with Crippen molar-refractivity contribution in [1.29, 1.82) is 0 Å². The Bertz CT molecular complexity index is 843. The topological polar surface area (TPSA) is 93.9 Å². The predicted octanol–water partition coefficient (Wildman–Crippen LogP) is 2.70. The van der Waals surface area contributed by atoms with Crippen LogP contribution in [0, 0.1) is 5.92 Å². The summed E-state index contributed by atoms with van der Waals surface area (Å²) in [4.78, 5) is 26.6. The van der Waals surface area contributed by atoms with Crippen LogP contribution >= 0.6 is 12.4 Å². The van der Waals surface area contributed by atoms with Gasteiger partial charge in [0.25, 0.3) is 0 Å². The van der Waals surface area contributed by atoms with Crippen molar-refractivity contribution in [2.75, 3.05) is 36.7 Å². The molecule has 0 bridgehead atoms. The summed E-state index contributed by atoms with van der Waals surface area (Å²) in [5, 5.41) is 2.79. The summed E-state index contributed by atoms with van der Waals surface area (Å²) in [6, 6.07) is 12.3. The lowest BCUT2D eigenvalue weighted by molar-refractivity contribution is -0.122. The van der Waals surface area contributed by atoms with Crippen molar-refractivity contribution in [2.45, 2.75) is 6.42 Å². The first kappa shape index (κ1) is 20.4. The van der Waals surface area contributed by atoms with Gasteiger partial charge in [-0.1, -0.05) is 12.1 Å². The molecule has 0 aromatic heterocycles. The smallest absolute Gasteiger partial charge is 0.229 e. The average Bonchev–Trinajstić information content (AvgIpc) is 3.05. The molecule has 0 radical (unpaired) electrons. The second-order valence-corrected chi connectivity index (χ2v) is 6.02. The van der Waals surface area contributed by atoms with Crippen molar-refractivity contribution >= 4 is 41.3 Å². The molecule has 0 saturated carbocycles. The van der Waals surface area contributed by atoms with Gasteiger partial charge in [0.1, 0.15) is 11.5 Å². The Kier molecular flexibility index (Phi) is 6.52. The van der Waals surface area contributed by atoms with Gasteiger partial charge in [-0.3, -0.25) is 9.59 Å². The molecule has 1 fully saturated rings. The van der Waals surface area contributed by atoms with Crippen LogP contribution in [-0.2, 0) is 9.59 Å². The number of amides is 2. The van der Waals surface area contributed by atoms with E-state index in [-0.39, 0.29) is 37.2 Å². The van der Waals surface area contributed by atoms with Gasteiger partial charge in [-0.05, 0) is 24.3 Å². The molecule has 144 valence electrons. The second kappa shape index (κ2) is 8.64. The van der Waals surface area contributed by atoms with Gasteiger partial charge in [0.2, 0.25) is 11.8 Å². The molecule has 1 saturated heterocycles. The van der Waals surface area contributed by atoms with Crippen molar-refractivity contribution in [3.05, 3.63) is 42.5 Å². The number of nitrogens with zero attached hydrogens (tertiary/aromatic N) is 1. The van der Waals surface area contributed by atoms with E-state index < -0.39 is 5.92 Å². The Morgan fingerprint density at radius 2 is 1.93 bits per heavy atom. The van der Waals surface area contributed by atoms with Crippen molar-refractivity contribution < 1.29 is 19.1 Å². The number of para-hydroxylation sites is 2. The molecule has 2 aromatic carbocycles. The largest absolute Gasteiger partial charge is 0.497 e. The molecule has 0 aliphatic carbocycles. The number of methoxy groups -OCH3 is 2. The minimum absolute atomic E-state index is 0. The number of nitrogen functional groups attached to an aromatic ring is 1. The Morgan fingerprint density at radius 3 is 2.63 bits per heavy atom. The van der Waals surface area contributed by atoms with Crippen LogP contribution in [0.15, 0.2) is 42.5 Å². The number of halogens is 1. The third-order valence-electron chi connectivity index (χ3n) is 4.39. The highest BCUT2D eigenvalue weighted by Gasteiger charge is 2.36. The summed E-state index contributed by atoms with van der Waals surface area (Å²) in [5.41, 5.74) is 7.48. The van der Waals surface area contributed by atoms with Crippen molar-refractivity contribution in [1.82, 2.24) is 0 Å². The molecule has 1 aliphatic rings. The van der Waals surface area contributed by atoms with Gasteiger partial charge in [0, 0.05) is 19.0 Å². The zero-order valence-corrected chi connectivity index (χ0v) is 15.9. The molecule has 8 heteroatoms. The molecular formula is C19H22ClN3O4. The van der Waals surface area contributed by atoms with Crippen molar-refractivity contribution in [2.24, 2.45) is 5.92 Å². The summed E-state index contributed by atoms with van der Waals surface area (Å²) < 4.78 is 10.5. The summed E-state index contributed by atoms with van der Waals surface area (Å²) in [5.74, 6) is 0.341. The van der Waals surface area contributed by atoms with Crippen LogP contribution < -0.4 is 25.4 Å². The third-order valence-corrected chi connectivity index (χ3v) is 4.39. The molecule has 2 amide bonds. The Morgan fingerprint density at radius 1 is 1.19 bits per heavy atom. The van der Waals surface area contributed by atoms with Gasteiger partial charge in [-0.15, -0.1) is 12.4 Å². The van der Waals surface area contributed by atoms with Crippen LogP contribution in [0.2, 0.25) is 0 Å². The molecule has 1 aliphatic heterocycles. The number of rotatable bonds is 5. The minimum Gasteiger partial charge on any atom is -0.497 e. The van der Waals surface area contributed by atoms with E-state index in [1.165, 1.54) is 7.11 Å². The molecule has 0 spiro atoms. The van der Waals surface area contributed by atoms with Gasteiger partial charge in [0.15, 0.2) is 0 Å². The summed E-state index contributed by atoms with van der Waals surface area (Å²) in [6.45, 7) is 0.287. The number of anilines is 3. The molecule has 7 nitrogen and oxygen atoms in total. The molecule has 1 heterocycles. The Balaban J connectivity index is 0.00000261. The summed E-state index contributed by atoms with van der Waals surface area (Å²) >= 11 is 0. The zero-order chi connectivity index (χ0) is 18.7. The van der Waals surface area contributed by atoms with E-state index in [0.717, 1.165) is 0 Å². The summed E-state index contributed by atoms with van der Waals surface area (Å²) in [6.07, 6.45) is 0.133. The van der Waals surface area contributed by atoms with Crippen LogP contribution in [0.5, 0.6) is 11.5 Å². The Hall–Kier alpha value is -2.93. The van der Waals surface area contributed by atoms with E-state index in [2.05, 4.69) is 5.32 Å². The Labute approximate surface area is 163 Å². The third kappa shape index (κ3) is 4.25. The van der Waals surface area contributed by atoms with Crippen LogP contribution in [-0.4, -0.2) is 32.6 Å². The fraction of sp³-hybridized carbons (Fsp3) is 0.263. The highest BCUT2D eigenvalue weighted by atomic mass is 35.5. The van der Waals surface area contributed by atoms with Crippen LogP contribution in [0.4, 0.5) is 17.1 Å². The van der Waals surface area contributed by atoms with E-state index in [0.29, 0.717) is 28.6 Å². The van der Waals surface area contributed by atoms with Crippen LogP contribution in [0.3, 0.4) is 0 Å². The first-order chi connectivity index (χ1) is 12.5. The molecule has 1 unspecified atom stereocenters. The van der Waals surface area contributed by atoms with Crippen LogP contribution in [0.25, 0.3) is 0 Å². The molecule has 2 aromatic rings. The van der Waals surface area contributed by atoms with Crippen LogP contribution in [0.1, 0.15) is 6.42 Å². The molecular weight excluding hydrogens is 370 g/mol. The number of ether oxygens (including phenoxy) is 2. The van der Waals surface area contributed by atoms with Gasteiger partial charge < -0.3 is 25.4 Å². The van der Waals surface area contributed by atoms with Gasteiger partial charge in [-0.25, -0.2) is 0 Å². The monoisotopic (exact) mass is 391 g/mol. The zero-order valence-electron chi connectivity index (χ0n) is 15.1. The maximum Gasteiger partial charge on any atom is 0.229 e. The van der Waals surface area contributed by atoms with Gasteiger partial charge >= 0.3 is 0 Å². The average molecular weight is 392 g/mol. The number of carbonyl (C=O) groups excluding carboxylic acids is 2. The maximum absolute atomic E-state index is 12.6.